The number of unbranched alkanes of at least 4 members (excludes halogenated alkanes) is 1. The van der Waals surface area contributed by atoms with E-state index in [-0.39, 0.29) is 5.92 Å². The smallest absolute Gasteiger partial charge is 0.333 e. The van der Waals surface area contributed by atoms with Gasteiger partial charge in [-0.2, -0.15) is 0 Å². The van der Waals surface area contributed by atoms with Crippen LogP contribution in [0.3, 0.4) is 0 Å². The van der Waals surface area contributed by atoms with Crippen molar-refractivity contribution in [1.82, 2.24) is 0 Å². The molecule has 1 unspecified atom stereocenters. The highest BCUT2D eigenvalue weighted by atomic mass is 16.7. The summed E-state index contributed by atoms with van der Waals surface area (Å²) in [5.74, 6) is -1.18. The summed E-state index contributed by atoms with van der Waals surface area (Å²) in [6.45, 7) is 10.7. The van der Waals surface area contributed by atoms with Crippen molar-refractivity contribution in [3.8, 4) is 0 Å². The number of carbonyl (C=O) groups excluding carboxylic acids is 2. The maximum atomic E-state index is 11.2. The highest BCUT2D eigenvalue weighted by Gasteiger charge is 2.25. The summed E-state index contributed by atoms with van der Waals surface area (Å²) in [6.07, 6.45) is 4.88. The minimum absolute atomic E-state index is 0.00208. The van der Waals surface area contributed by atoms with Gasteiger partial charge in [0.15, 0.2) is 0 Å². The van der Waals surface area contributed by atoms with E-state index in [1.54, 1.807) is 0 Å². The molecule has 0 heterocycles. The maximum Gasteiger partial charge on any atom is 0.333 e. The van der Waals surface area contributed by atoms with Gasteiger partial charge in [-0.25, -0.2) is 9.59 Å². The van der Waals surface area contributed by atoms with Gasteiger partial charge in [-0.05, 0) is 12.8 Å². The molecule has 0 amide bonds. The Balaban J connectivity index is 4.67. The van der Waals surface area contributed by atoms with Gasteiger partial charge in [0.05, 0.1) is 0 Å². The Bertz CT molecular complexity index is 274. The first-order valence-electron chi connectivity index (χ1n) is 6.25. The third-order valence-electron chi connectivity index (χ3n) is 2.64. The highest BCUT2D eigenvalue weighted by molar-refractivity contribution is 5.83. The minimum Gasteiger partial charge on any atom is -0.422 e. The highest BCUT2D eigenvalue weighted by Crippen LogP contribution is 2.21. The van der Waals surface area contributed by atoms with Gasteiger partial charge in [-0.3, -0.25) is 0 Å². The van der Waals surface area contributed by atoms with Gasteiger partial charge in [-0.15, -0.1) is 0 Å². The molecule has 0 spiro atoms. The zero-order chi connectivity index (χ0) is 14.0. The van der Waals surface area contributed by atoms with Crippen molar-refractivity contribution in [3.63, 3.8) is 0 Å². The molecular formula is C14H22O4. The van der Waals surface area contributed by atoms with E-state index in [1.165, 1.54) is 0 Å². The summed E-state index contributed by atoms with van der Waals surface area (Å²) in [5, 5.41) is 0. The van der Waals surface area contributed by atoms with Crippen molar-refractivity contribution in [2.24, 2.45) is 5.92 Å². The number of hydrogen-bond donors (Lipinski definition) is 0. The first kappa shape index (κ1) is 16.4. The van der Waals surface area contributed by atoms with E-state index >= 15 is 0 Å². The van der Waals surface area contributed by atoms with E-state index in [0.717, 1.165) is 37.8 Å². The maximum absolute atomic E-state index is 11.2. The molecule has 0 bridgehead atoms. The largest absolute Gasteiger partial charge is 0.422 e. The molecule has 0 aromatic heterocycles. The summed E-state index contributed by atoms with van der Waals surface area (Å²) in [6, 6.07) is 0. The molecule has 102 valence electrons. The molecule has 0 saturated heterocycles. The van der Waals surface area contributed by atoms with E-state index in [4.69, 9.17) is 9.47 Å². The Kier molecular flexibility index (Phi) is 8.62. The van der Waals surface area contributed by atoms with Gasteiger partial charge in [0.2, 0.25) is 0 Å². The average Bonchev–Trinajstić information content (AvgIpc) is 2.38. The van der Waals surface area contributed by atoms with Crippen LogP contribution in [-0.4, -0.2) is 18.2 Å². The molecule has 0 saturated carbocycles. The molecule has 18 heavy (non-hydrogen) atoms. The lowest BCUT2D eigenvalue weighted by Gasteiger charge is -2.24. The van der Waals surface area contributed by atoms with Crippen molar-refractivity contribution in [2.45, 2.75) is 45.8 Å². The zero-order valence-electron chi connectivity index (χ0n) is 11.2. The van der Waals surface area contributed by atoms with Crippen LogP contribution in [0.1, 0.15) is 39.5 Å². The van der Waals surface area contributed by atoms with Gasteiger partial charge in [-0.1, -0.05) is 39.8 Å². The lowest BCUT2D eigenvalue weighted by Crippen LogP contribution is -2.31. The third kappa shape index (κ3) is 6.23. The second-order valence-corrected chi connectivity index (χ2v) is 3.96. The topological polar surface area (TPSA) is 52.6 Å². The summed E-state index contributed by atoms with van der Waals surface area (Å²) in [4.78, 5) is 22.5. The first-order chi connectivity index (χ1) is 8.58. The number of hydrogen-bond acceptors (Lipinski definition) is 4. The Morgan fingerprint density at radius 2 is 1.61 bits per heavy atom. The predicted molar refractivity (Wildman–Crippen MR) is 69.7 cm³/mol. The van der Waals surface area contributed by atoms with E-state index < -0.39 is 18.2 Å². The number of carbonyl (C=O) groups is 2. The molecule has 0 rings (SSSR count). The lowest BCUT2D eigenvalue weighted by molar-refractivity contribution is -0.191. The summed E-state index contributed by atoms with van der Waals surface area (Å²) >= 11 is 0. The third-order valence-corrected chi connectivity index (χ3v) is 2.64. The normalized spacial score (nSPS) is 11.7. The van der Waals surface area contributed by atoms with Gasteiger partial charge in [0, 0.05) is 18.1 Å². The number of esters is 2. The molecule has 0 fully saturated rings. The zero-order valence-corrected chi connectivity index (χ0v) is 11.2. The number of rotatable bonds is 9. The second kappa shape index (κ2) is 9.45. The fraction of sp³-hybridized carbons (Fsp3) is 0.571. The fourth-order valence-corrected chi connectivity index (χ4v) is 1.54. The van der Waals surface area contributed by atoms with Gasteiger partial charge < -0.3 is 9.47 Å². The fourth-order valence-electron chi connectivity index (χ4n) is 1.54. The predicted octanol–water partition coefficient (Wildman–Crippen LogP) is 2.99. The van der Waals surface area contributed by atoms with Gasteiger partial charge >= 0.3 is 11.9 Å². The first-order valence-corrected chi connectivity index (χ1v) is 6.25. The van der Waals surface area contributed by atoms with Gasteiger partial charge in [0.25, 0.3) is 6.29 Å². The molecule has 0 N–H and O–H groups in total. The van der Waals surface area contributed by atoms with Crippen LogP contribution in [0.5, 0.6) is 0 Å². The van der Waals surface area contributed by atoms with E-state index in [9.17, 15) is 9.59 Å². The summed E-state index contributed by atoms with van der Waals surface area (Å²) in [5.41, 5.74) is 0. The average molecular weight is 254 g/mol. The van der Waals surface area contributed by atoms with Crippen molar-refractivity contribution in [2.75, 3.05) is 0 Å². The molecular weight excluding hydrogens is 232 g/mol. The van der Waals surface area contributed by atoms with Crippen LogP contribution >= 0.6 is 0 Å². The van der Waals surface area contributed by atoms with E-state index in [1.807, 2.05) is 6.92 Å². The molecule has 1 atom stereocenters. The van der Waals surface area contributed by atoms with Crippen LogP contribution in [0.15, 0.2) is 25.3 Å². The Labute approximate surface area is 109 Å². The van der Waals surface area contributed by atoms with E-state index in [0.29, 0.717) is 0 Å². The minimum atomic E-state index is -0.863. The Hall–Kier alpha value is -1.58. The second-order valence-electron chi connectivity index (χ2n) is 3.96. The van der Waals surface area contributed by atoms with Crippen LogP contribution in [0, 0.1) is 5.92 Å². The summed E-state index contributed by atoms with van der Waals surface area (Å²) in [7, 11) is 0. The van der Waals surface area contributed by atoms with Crippen molar-refractivity contribution in [3.05, 3.63) is 25.3 Å². The lowest BCUT2D eigenvalue weighted by atomic mass is 9.98. The quantitative estimate of drug-likeness (QED) is 0.360. The molecule has 0 aromatic carbocycles. The molecule has 0 aliphatic heterocycles. The monoisotopic (exact) mass is 254 g/mol. The van der Waals surface area contributed by atoms with Crippen LogP contribution in [0.25, 0.3) is 0 Å². The van der Waals surface area contributed by atoms with Crippen LogP contribution in [0.2, 0.25) is 0 Å². The van der Waals surface area contributed by atoms with Crippen LogP contribution in [0.4, 0.5) is 0 Å². The van der Waals surface area contributed by atoms with Crippen molar-refractivity contribution >= 4 is 11.9 Å². The number of ether oxygens (including phenoxy) is 2. The standard InChI is InChI=1S/C14H22O4/c1-5-9-10-11(6-2)14(17-12(15)7-3)18-13(16)8-4/h7-8,11,14H,3-6,9-10H2,1-2H3. The molecule has 0 aromatic rings. The summed E-state index contributed by atoms with van der Waals surface area (Å²) < 4.78 is 10.1. The van der Waals surface area contributed by atoms with Crippen molar-refractivity contribution in [1.29, 1.82) is 0 Å². The molecule has 0 aliphatic carbocycles. The molecule has 4 heteroatoms. The Morgan fingerprint density at radius 1 is 1.11 bits per heavy atom. The van der Waals surface area contributed by atoms with E-state index in [2.05, 4.69) is 20.1 Å². The van der Waals surface area contributed by atoms with Crippen LogP contribution in [-0.2, 0) is 19.1 Å². The SMILES string of the molecule is C=CC(=O)OC(OC(=O)C=C)C(CC)CCCC. The molecule has 4 nitrogen and oxygen atoms in total. The molecule has 0 aliphatic rings. The molecule has 0 radical (unpaired) electrons. The van der Waals surface area contributed by atoms with Gasteiger partial charge in [0.1, 0.15) is 0 Å². The Morgan fingerprint density at radius 3 is 1.94 bits per heavy atom. The van der Waals surface area contributed by atoms with Crippen molar-refractivity contribution < 1.29 is 19.1 Å². The van der Waals surface area contributed by atoms with Crippen LogP contribution < -0.4 is 0 Å².